The first kappa shape index (κ1) is 35.8. The first-order valence-corrected chi connectivity index (χ1v) is 16.9. The number of hydrogen-bond donors (Lipinski definition) is 1. The summed E-state index contributed by atoms with van der Waals surface area (Å²) in [4.78, 5) is 35.1. The number of benzene rings is 3. The summed E-state index contributed by atoms with van der Waals surface area (Å²) >= 11 is 0. The molecule has 51 heavy (non-hydrogen) atoms. The number of aromatic nitrogens is 3. The van der Waals surface area contributed by atoms with Gasteiger partial charge in [0.1, 0.15) is 11.6 Å². The number of anilines is 2. The fourth-order valence-corrected chi connectivity index (χ4v) is 7.21. The number of phenols is 1. The molecule has 0 saturated carbocycles. The smallest absolute Gasteiger partial charge is 0.264 e. The Hall–Kier alpha value is -4.97. The van der Waals surface area contributed by atoms with Crippen molar-refractivity contribution in [2.45, 2.75) is 32.9 Å². The van der Waals surface area contributed by atoms with Crippen LogP contribution in [0.5, 0.6) is 5.75 Å². The molecule has 0 bridgehead atoms. The highest BCUT2D eigenvalue weighted by Gasteiger charge is 2.34. The number of hydrogen-bond acceptors (Lipinski definition) is 6. The molecule has 2 aliphatic rings. The molecule has 1 atom stereocenters. The van der Waals surface area contributed by atoms with Crippen LogP contribution in [0.2, 0.25) is 0 Å². The second-order valence-electron chi connectivity index (χ2n) is 13.2. The Morgan fingerprint density at radius 2 is 1.67 bits per heavy atom. The van der Waals surface area contributed by atoms with E-state index in [0.717, 1.165) is 25.1 Å². The van der Waals surface area contributed by atoms with Crippen molar-refractivity contribution in [3.8, 4) is 17.0 Å². The number of halogens is 2. The van der Waals surface area contributed by atoms with Crippen molar-refractivity contribution in [1.29, 1.82) is 0 Å². The third-order valence-corrected chi connectivity index (χ3v) is 9.98. The number of morpholine rings is 1. The van der Waals surface area contributed by atoms with E-state index in [1.54, 1.807) is 47.1 Å². The van der Waals surface area contributed by atoms with Gasteiger partial charge in [0.25, 0.3) is 11.8 Å². The lowest BCUT2D eigenvalue weighted by molar-refractivity contribution is 0.0193. The third-order valence-electron chi connectivity index (χ3n) is 9.98. The van der Waals surface area contributed by atoms with E-state index in [-0.39, 0.29) is 36.0 Å². The second kappa shape index (κ2) is 14.7. The summed E-state index contributed by atoms with van der Waals surface area (Å²) in [6.45, 7) is 7.77. The molecule has 266 valence electrons. The van der Waals surface area contributed by atoms with E-state index in [1.807, 2.05) is 42.5 Å². The first-order valence-electron chi connectivity index (χ1n) is 16.9. The number of ether oxygens (including phenoxy) is 1. The van der Waals surface area contributed by atoms with Gasteiger partial charge in [-0.2, -0.15) is 5.10 Å². The van der Waals surface area contributed by atoms with E-state index >= 15 is 4.39 Å². The van der Waals surface area contributed by atoms with Gasteiger partial charge in [-0.25, -0.2) is 4.39 Å². The molecule has 1 N–H and O–H groups in total. The fourth-order valence-electron chi connectivity index (χ4n) is 7.21. The molecule has 2 amide bonds. The van der Waals surface area contributed by atoms with Crippen molar-refractivity contribution in [1.82, 2.24) is 24.1 Å². The van der Waals surface area contributed by atoms with E-state index < -0.39 is 5.82 Å². The van der Waals surface area contributed by atoms with E-state index in [0.29, 0.717) is 71.5 Å². The second-order valence-corrected chi connectivity index (χ2v) is 13.2. The predicted octanol–water partition coefficient (Wildman–Crippen LogP) is 6.19. The summed E-state index contributed by atoms with van der Waals surface area (Å²) in [7, 11) is 3.61. The van der Waals surface area contributed by atoms with Crippen LogP contribution in [-0.2, 0) is 31.8 Å². The lowest BCUT2D eigenvalue weighted by Gasteiger charge is -2.40. The average molecular weight is 713 g/mol. The van der Waals surface area contributed by atoms with Gasteiger partial charge in [0.05, 0.1) is 30.2 Å². The standard InChI is InChI=1S/C39H41FN6O4.ClH/c1-25-37(24-42(3)41-25)46(30-10-12-32(47)13-11-30)39(49)34-21-36(43(4)26(34)2)35-20-29(40)9-14-33(35)38(48)45-22-28-8-6-5-7-27(28)19-31(45)23-44-15-17-50-18-16-44;/h5-14,20-21,24,31,47H,15-19,22-23H2,1-4H3;1H/t31-;/m0./s1. The molecule has 4 heterocycles. The molecular formula is C39H42ClFN6O4. The van der Waals surface area contributed by atoms with Crippen molar-refractivity contribution in [2.24, 2.45) is 14.1 Å². The minimum absolute atomic E-state index is 0. The summed E-state index contributed by atoms with van der Waals surface area (Å²) in [5.41, 5.74) is 6.49. The molecule has 0 unspecified atom stereocenters. The van der Waals surface area contributed by atoms with Crippen LogP contribution in [0.3, 0.4) is 0 Å². The Balaban J connectivity index is 0.00000448. The van der Waals surface area contributed by atoms with Gasteiger partial charge in [-0.1, -0.05) is 24.3 Å². The lowest BCUT2D eigenvalue weighted by atomic mass is 9.92. The summed E-state index contributed by atoms with van der Waals surface area (Å²) in [5, 5.41) is 14.4. The maximum Gasteiger partial charge on any atom is 0.264 e. The molecule has 7 rings (SSSR count). The maximum absolute atomic E-state index is 15.1. The zero-order chi connectivity index (χ0) is 35.1. The number of carbonyl (C=O) groups excluding carboxylic acids is 2. The number of fused-ring (bicyclic) bond motifs is 1. The molecule has 12 heteroatoms. The molecule has 3 aromatic carbocycles. The number of amides is 2. The van der Waals surface area contributed by atoms with Crippen molar-refractivity contribution in [2.75, 3.05) is 37.7 Å². The third kappa shape index (κ3) is 7.01. The fraction of sp³-hybridized carbons (Fsp3) is 0.308. The van der Waals surface area contributed by atoms with Crippen LogP contribution in [0.15, 0.2) is 79.0 Å². The Morgan fingerprint density at radius 3 is 2.35 bits per heavy atom. The summed E-state index contributed by atoms with van der Waals surface area (Å²) < 4.78 is 24.2. The van der Waals surface area contributed by atoms with E-state index in [1.165, 1.54) is 29.8 Å². The van der Waals surface area contributed by atoms with Gasteiger partial charge in [0, 0.05) is 80.7 Å². The van der Waals surface area contributed by atoms with Crippen LogP contribution in [0.1, 0.15) is 43.2 Å². The number of carbonyl (C=O) groups is 2. The van der Waals surface area contributed by atoms with Crippen LogP contribution in [-0.4, -0.2) is 80.0 Å². The number of phenolic OH excluding ortho intramolecular Hbond substituents is 1. The van der Waals surface area contributed by atoms with Crippen molar-refractivity contribution in [3.05, 3.63) is 118 Å². The molecular weight excluding hydrogens is 671 g/mol. The lowest BCUT2D eigenvalue weighted by Crippen LogP contribution is -2.52. The summed E-state index contributed by atoms with van der Waals surface area (Å²) in [5.74, 6) is -0.909. The topological polar surface area (TPSA) is 96.1 Å². The minimum Gasteiger partial charge on any atom is -0.508 e. The average Bonchev–Trinajstić information content (AvgIpc) is 3.60. The molecule has 2 aliphatic heterocycles. The van der Waals surface area contributed by atoms with Gasteiger partial charge in [-0.3, -0.25) is 24.1 Å². The Kier molecular flexibility index (Phi) is 10.3. The van der Waals surface area contributed by atoms with E-state index in [4.69, 9.17) is 4.74 Å². The molecule has 10 nitrogen and oxygen atoms in total. The number of aryl methyl sites for hydroxylation is 2. The molecule has 1 saturated heterocycles. The van der Waals surface area contributed by atoms with Gasteiger partial charge in [-0.05, 0) is 79.9 Å². The maximum atomic E-state index is 15.1. The van der Waals surface area contributed by atoms with Crippen LogP contribution >= 0.6 is 12.4 Å². The molecule has 1 fully saturated rings. The monoisotopic (exact) mass is 712 g/mol. The normalized spacial score (nSPS) is 16.0. The highest BCUT2D eigenvalue weighted by atomic mass is 35.5. The zero-order valence-electron chi connectivity index (χ0n) is 29.2. The number of aromatic hydroxyl groups is 1. The van der Waals surface area contributed by atoms with Gasteiger partial charge in [0.15, 0.2) is 0 Å². The highest BCUT2D eigenvalue weighted by molar-refractivity contribution is 6.13. The van der Waals surface area contributed by atoms with Gasteiger partial charge >= 0.3 is 0 Å². The molecule has 0 aliphatic carbocycles. The summed E-state index contributed by atoms with van der Waals surface area (Å²) in [6.07, 6.45) is 2.49. The van der Waals surface area contributed by atoms with Crippen molar-refractivity contribution >= 4 is 35.6 Å². The molecule has 0 radical (unpaired) electrons. The number of nitrogens with zero attached hydrogens (tertiary/aromatic N) is 6. The van der Waals surface area contributed by atoms with Crippen molar-refractivity contribution in [3.63, 3.8) is 0 Å². The number of rotatable bonds is 7. The quantitative estimate of drug-likeness (QED) is 0.217. The highest BCUT2D eigenvalue weighted by Crippen LogP contribution is 2.36. The Labute approximate surface area is 303 Å². The van der Waals surface area contributed by atoms with Crippen LogP contribution < -0.4 is 4.90 Å². The van der Waals surface area contributed by atoms with Crippen LogP contribution in [0, 0.1) is 19.7 Å². The summed E-state index contributed by atoms with van der Waals surface area (Å²) in [6, 6.07) is 20.5. The van der Waals surface area contributed by atoms with Crippen LogP contribution in [0.25, 0.3) is 11.3 Å². The van der Waals surface area contributed by atoms with Gasteiger partial charge in [-0.15, -0.1) is 12.4 Å². The molecule has 2 aromatic heterocycles. The van der Waals surface area contributed by atoms with Crippen LogP contribution in [0.4, 0.5) is 15.8 Å². The van der Waals surface area contributed by atoms with E-state index in [9.17, 15) is 14.7 Å². The van der Waals surface area contributed by atoms with Gasteiger partial charge < -0.3 is 19.3 Å². The van der Waals surface area contributed by atoms with E-state index in [2.05, 4.69) is 22.1 Å². The van der Waals surface area contributed by atoms with Crippen molar-refractivity contribution < 1.29 is 23.8 Å². The molecule has 0 spiro atoms. The zero-order valence-corrected chi connectivity index (χ0v) is 30.0. The SMILES string of the molecule is Cc1nn(C)cc1N(C(=O)c1cc(-c2cc(F)ccc2C(=O)N2Cc3ccccc3C[C@H]2CN2CCOCC2)n(C)c1C)c1ccc(O)cc1.Cl. The Morgan fingerprint density at radius 1 is 0.961 bits per heavy atom. The molecule has 5 aromatic rings. The first-order chi connectivity index (χ1) is 24.1. The largest absolute Gasteiger partial charge is 0.508 e. The predicted molar refractivity (Wildman–Crippen MR) is 196 cm³/mol. The minimum atomic E-state index is -0.478. The van der Waals surface area contributed by atoms with Gasteiger partial charge in [0.2, 0.25) is 0 Å². The Bertz CT molecular complexity index is 2070.